The van der Waals surface area contributed by atoms with Gasteiger partial charge in [-0.05, 0) is 50.6 Å². The summed E-state index contributed by atoms with van der Waals surface area (Å²) >= 11 is 0. The van der Waals surface area contributed by atoms with E-state index in [1.165, 1.54) is 24.9 Å². The van der Waals surface area contributed by atoms with Crippen LogP contribution in [-0.2, 0) is 0 Å². The van der Waals surface area contributed by atoms with Gasteiger partial charge in [-0.2, -0.15) is 0 Å². The van der Waals surface area contributed by atoms with Crippen molar-refractivity contribution in [2.75, 3.05) is 19.6 Å². The highest BCUT2D eigenvalue weighted by Gasteiger charge is 2.24. The minimum absolute atomic E-state index is 0.480. The van der Waals surface area contributed by atoms with Crippen molar-refractivity contribution in [3.8, 4) is 0 Å². The molecule has 0 radical (unpaired) electrons. The summed E-state index contributed by atoms with van der Waals surface area (Å²) in [5.74, 6) is 0. The molecule has 17 heavy (non-hydrogen) atoms. The number of nitrogens with zero attached hydrogens (tertiary/aromatic N) is 2. The molecule has 1 aliphatic rings. The van der Waals surface area contributed by atoms with Gasteiger partial charge in [-0.3, -0.25) is 9.88 Å². The zero-order valence-corrected chi connectivity index (χ0v) is 10.9. The maximum Gasteiger partial charge on any atom is 0.0324 e. The third-order valence-corrected chi connectivity index (χ3v) is 3.79. The van der Waals surface area contributed by atoms with Crippen LogP contribution in [0.5, 0.6) is 0 Å². The lowest BCUT2D eigenvalue weighted by atomic mass is 10.0. The second kappa shape index (κ2) is 6.12. The zero-order valence-electron chi connectivity index (χ0n) is 10.9. The molecular formula is C14H23N3. The van der Waals surface area contributed by atoms with E-state index in [0.29, 0.717) is 12.1 Å². The number of likely N-dealkylation sites (N-methyl/N-ethyl adjacent to an activating group) is 1. The average Bonchev–Trinajstić information content (AvgIpc) is 2.42. The molecule has 0 spiro atoms. The third kappa shape index (κ3) is 3.05. The van der Waals surface area contributed by atoms with Gasteiger partial charge in [-0.25, -0.2) is 0 Å². The second-order valence-corrected chi connectivity index (χ2v) is 4.79. The van der Waals surface area contributed by atoms with Gasteiger partial charge in [0.05, 0.1) is 0 Å². The maximum absolute atomic E-state index is 4.09. The molecule has 0 amide bonds. The predicted molar refractivity (Wildman–Crippen MR) is 70.9 cm³/mol. The number of pyridine rings is 1. The van der Waals surface area contributed by atoms with Gasteiger partial charge in [-0.15, -0.1) is 0 Å². The summed E-state index contributed by atoms with van der Waals surface area (Å²) in [7, 11) is 0. The summed E-state index contributed by atoms with van der Waals surface area (Å²) in [6.07, 6.45) is 6.39. The number of nitrogens with one attached hydrogen (secondary N) is 1. The van der Waals surface area contributed by atoms with E-state index < -0.39 is 0 Å². The van der Waals surface area contributed by atoms with Crippen LogP contribution < -0.4 is 5.32 Å². The molecule has 1 saturated heterocycles. The average molecular weight is 233 g/mol. The van der Waals surface area contributed by atoms with E-state index in [1.807, 2.05) is 12.4 Å². The number of aromatic nitrogens is 1. The van der Waals surface area contributed by atoms with Crippen LogP contribution in [0.2, 0.25) is 0 Å². The fourth-order valence-electron chi connectivity index (χ4n) is 2.80. The van der Waals surface area contributed by atoms with E-state index in [0.717, 1.165) is 13.1 Å². The van der Waals surface area contributed by atoms with Gasteiger partial charge < -0.3 is 5.32 Å². The smallest absolute Gasteiger partial charge is 0.0324 e. The SMILES string of the molecule is CCN(C1CCCNC1)C(C)c1ccncc1. The van der Waals surface area contributed by atoms with E-state index in [2.05, 4.69) is 41.2 Å². The van der Waals surface area contributed by atoms with E-state index in [4.69, 9.17) is 0 Å². The maximum atomic E-state index is 4.09. The molecule has 3 nitrogen and oxygen atoms in total. The van der Waals surface area contributed by atoms with E-state index in [9.17, 15) is 0 Å². The van der Waals surface area contributed by atoms with Crippen molar-refractivity contribution >= 4 is 0 Å². The summed E-state index contributed by atoms with van der Waals surface area (Å²) in [6, 6.07) is 5.41. The highest BCUT2D eigenvalue weighted by Crippen LogP contribution is 2.24. The second-order valence-electron chi connectivity index (χ2n) is 4.79. The molecule has 1 aliphatic heterocycles. The lowest BCUT2D eigenvalue weighted by Crippen LogP contribution is -2.46. The molecule has 2 rings (SSSR count). The van der Waals surface area contributed by atoms with Crippen LogP contribution in [0.1, 0.15) is 38.3 Å². The van der Waals surface area contributed by atoms with E-state index >= 15 is 0 Å². The van der Waals surface area contributed by atoms with E-state index in [1.54, 1.807) is 0 Å². The number of hydrogen-bond donors (Lipinski definition) is 1. The normalized spacial score (nSPS) is 22.6. The fraction of sp³-hybridized carbons (Fsp3) is 0.643. The first kappa shape index (κ1) is 12.5. The molecular weight excluding hydrogens is 210 g/mol. The Balaban J connectivity index is 2.06. The topological polar surface area (TPSA) is 28.2 Å². The van der Waals surface area contributed by atoms with Crippen LogP contribution in [-0.4, -0.2) is 35.6 Å². The quantitative estimate of drug-likeness (QED) is 0.864. The Morgan fingerprint density at radius 3 is 2.82 bits per heavy atom. The molecule has 0 aliphatic carbocycles. The van der Waals surface area contributed by atoms with Crippen molar-refractivity contribution in [2.24, 2.45) is 0 Å². The van der Waals surface area contributed by atoms with Crippen LogP contribution in [0.15, 0.2) is 24.5 Å². The fourth-order valence-corrected chi connectivity index (χ4v) is 2.80. The molecule has 1 aromatic rings. The molecule has 0 saturated carbocycles. The van der Waals surface area contributed by atoms with Crippen LogP contribution in [0.25, 0.3) is 0 Å². The van der Waals surface area contributed by atoms with Crippen molar-refractivity contribution < 1.29 is 0 Å². The summed E-state index contributed by atoms with van der Waals surface area (Å²) in [4.78, 5) is 6.69. The molecule has 3 heteroatoms. The molecule has 2 unspecified atom stereocenters. The summed E-state index contributed by atoms with van der Waals surface area (Å²) < 4.78 is 0. The Bertz CT molecular complexity index is 319. The van der Waals surface area contributed by atoms with Gasteiger partial charge in [0, 0.05) is 31.0 Å². The van der Waals surface area contributed by atoms with Gasteiger partial charge in [0.15, 0.2) is 0 Å². The van der Waals surface area contributed by atoms with Gasteiger partial charge in [0.2, 0.25) is 0 Å². The first-order valence-corrected chi connectivity index (χ1v) is 6.69. The molecule has 94 valence electrons. The van der Waals surface area contributed by atoms with Gasteiger partial charge in [0.1, 0.15) is 0 Å². The van der Waals surface area contributed by atoms with Gasteiger partial charge in [0.25, 0.3) is 0 Å². The first-order valence-electron chi connectivity index (χ1n) is 6.69. The van der Waals surface area contributed by atoms with Crippen LogP contribution in [0.4, 0.5) is 0 Å². The van der Waals surface area contributed by atoms with Crippen molar-refractivity contribution in [2.45, 2.75) is 38.8 Å². The molecule has 2 heterocycles. The van der Waals surface area contributed by atoms with Crippen molar-refractivity contribution in [3.05, 3.63) is 30.1 Å². The van der Waals surface area contributed by atoms with Crippen LogP contribution in [0, 0.1) is 0 Å². The van der Waals surface area contributed by atoms with Crippen molar-refractivity contribution in [1.29, 1.82) is 0 Å². The predicted octanol–water partition coefficient (Wildman–Crippen LogP) is 2.22. The highest BCUT2D eigenvalue weighted by molar-refractivity contribution is 5.14. The highest BCUT2D eigenvalue weighted by atomic mass is 15.2. The molecule has 1 fully saturated rings. The molecule has 0 aromatic carbocycles. The Hall–Kier alpha value is -0.930. The third-order valence-electron chi connectivity index (χ3n) is 3.79. The number of piperidine rings is 1. The van der Waals surface area contributed by atoms with Crippen LogP contribution >= 0.6 is 0 Å². The lowest BCUT2D eigenvalue weighted by Gasteiger charge is -2.38. The zero-order chi connectivity index (χ0) is 12.1. The minimum atomic E-state index is 0.480. The molecule has 2 atom stereocenters. The Kier molecular flexibility index (Phi) is 4.51. The number of rotatable bonds is 4. The van der Waals surface area contributed by atoms with Crippen LogP contribution in [0.3, 0.4) is 0 Å². The van der Waals surface area contributed by atoms with Gasteiger partial charge in [-0.1, -0.05) is 6.92 Å². The monoisotopic (exact) mass is 233 g/mol. The Morgan fingerprint density at radius 2 is 2.24 bits per heavy atom. The van der Waals surface area contributed by atoms with Crippen molar-refractivity contribution in [3.63, 3.8) is 0 Å². The summed E-state index contributed by atoms with van der Waals surface area (Å²) in [5.41, 5.74) is 1.37. The minimum Gasteiger partial charge on any atom is -0.315 e. The molecule has 0 bridgehead atoms. The lowest BCUT2D eigenvalue weighted by molar-refractivity contribution is 0.128. The number of hydrogen-bond acceptors (Lipinski definition) is 3. The molecule has 1 aromatic heterocycles. The first-order chi connectivity index (χ1) is 8.33. The van der Waals surface area contributed by atoms with E-state index in [-0.39, 0.29) is 0 Å². The summed E-state index contributed by atoms with van der Waals surface area (Å²) in [5, 5.41) is 3.50. The Morgan fingerprint density at radius 1 is 1.47 bits per heavy atom. The van der Waals surface area contributed by atoms with Gasteiger partial charge >= 0.3 is 0 Å². The molecule has 1 N–H and O–H groups in total. The van der Waals surface area contributed by atoms with Crippen molar-refractivity contribution in [1.82, 2.24) is 15.2 Å². The standard InChI is InChI=1S/C14H23N3/c1-3-17(14-5-4-8-16-11-14)12(2)13-6-9-15-10-7-13/h6-7,9-10,12,14,16H,3-5,8,11H2,1-2H3. The summed E-state index contributed by atoms with van der Waals surface area (Å²) in [6.45, 7) is 7.97. The largest absolute Gasteiger partial charge is 0.315 e. The Labute approximate surface area is 104 Å².